The van der Waals surface area contributed by atoms with Crippen molar-refractivity contribution < 1.29 is 19.0 Å². The van der Waals surface area contributed by atoms with E-state index in [1.165, 1.54) is 51.5 Å². The van der Waals surface area contributed by atoms with Crippen molar-refractivity contribution in [1.29, 1.82) is 0 Å². The monoisotopic (exact) mass is 543 g/mol. The molecule has 0 aliphatic heterocycles. The summed E-state index contributed by atoms with van der Waals surface area (Å²) in [6.45, 7) is 0. The number of carbonyl (C=O) groups excluding carboxylic acids is 1. The van der Waals surface area contributed by atoms with Crippen LogP contribution in [0.15, 0.2) is 46.7 Å². The molecule has 1 saturated carbocycles. The summed E-state index contributed by atoms with van der Waals surface area (Å²) in [5.74, 6) is 2.14. The maximum absolute atomic E-state index is 12.6. The Bertz CT molecular complexity index is 1240. The molecule has 1 N–H and O–H groups in total. The molecule has 1 fully saturated rings. The first-order valence-electron chi connectivity index (χ1n) is 12.0. The van der Waals surface area contributed by atoms with E-state index in [0.717, 1.165) is 29.4 Å². The zero-order chi connectivity index (χ0) is 26.2. The van der Waals surface area contributed by atoms with E-state index in [9.17, 15) is 4.79 Å². The highest BCUT2D eigenvalue weighted by Crippen LogP contribution is 2.39. The molecule has 0 bridgehead atoms. The Morgan fingerprint density at radius 1 is 1.05 bits per heavy atom. The first-order valence-corrected chi connectivity index (χ1v) is 13.4. The van der Waals surface area contributed by atoms with Gasteiger partial charge < -0.3 is 14.2 Å². The van der Waals surface area contributed by atoms with Crippen molar-refractivity contribution in [1.82, 2.24) is 20.2 Å². The number of hydrogen-bond donors (Lipinski definition) is 1. The molecule has 3 aromatic rings. The maximum Gasteiger partial charge on any atom is 0.250 e. The number of hydrazone groups is 1. The van der Waals surface area contributed by atoms with E-state index in [-0.39, 0.29) is 11.7 Å². The van der Waals surface area contributed by atoms with Gasteiger partial charge in [-0.05, 0) is 49.2 Å². The van der Waals surface area contributed by atoms with E-state index in [1.807, 2.05) is 24.3 Å². The van der Waals surface area contributed by atoms with Crippen LogP contribution in [0.4, 0.5) is 0 Å². The molecule has 1 amide bonds. The fourth-order valence-corrected chi connectivity index (χ4v) is 5.33. The highest BCUT2D eigenvalue weighted by atomic mass is 35.5. The number of methoxy groups -OCH3 is 3. The molecule has 0 unspecified atom stereocenters. The van der Waals surface area contributed by atoms with Crippen LogP contribution >= 0.6 is 23.4 Å². The lowest BCUT2D eigenvalue weighted by Crippen LogP contribution is -2.21. The van der Waals surface area contributed by atoms with Crippen LogP contribution in [0.25, 0.3) is 11.4 Å². The smallest absolute Gasteiger partial charge is 0.250 e. The Balaban J connectivity index is 1.45. The maximum atomic E-state index is 12.6. The third-order valence-electron chi connectivity index (χ3n) is 6.17. The van der Waals surface area contributed by atoms with Crippen LogP contribution < -0.4 is 19.6 Å². The van der Waals surface area contributed by atoms with Crippen LogP contribution in [0.3, 0.4) is 0 Å². The summed E-state index contributed by atoms with van der Waals surface area (Å²) >= 11 is 7.43. The van der Waals surface area contributed by atoms with Crippen molar-refractivity contribution in [3.63, 3.8) is 0 Å². The molecule has 0 spiro atoms. The van der Waals surface area contributed by atoms with E-state index >= 15 is 0 Å². The number of benzene rings is 2. The Morgan fingerprint density at radius 3 is 2.46 bits per heavy atom. The van der Waals surface area contributed by atoms with Gasteiger partial charge in [-0.15, -0.1) is 10.2 Å². The molecule has 0 saturated heterocycles. The first kappa shape index (κ1) is 26.8. The van der Waals surface area contributed by atoms with E-state index in [0.29, 0.717) is 33.9 Å². The van der Waals surface area contributed by atoms with Crippen molar-refractivity contribution in [2.75, 3.05) is 27.1 Å². The van der Waals surface area contributed by atoms with Crippen LogP contribution in [0.2, 0.25) is 5.02 Å². The number of ether oxygens (including phenoxy) is 3. The van der Waals surface area contributed by atoms with E-state index in [2.05, 4.69) is 25.3 Å². The highest BCUT2D eigenvalue weighted by Gasteiger charge is 2.24. The number of carbonyl (C=O) groups is 1. The molecule has 1 heterocycles. The molecule has 37 heavy (non-hydrogen) atoms. The lowest BCUT2D eigenvalue weighted by molar-refractivity contribution is -0.118. The summed E-state index contributed by atoms with van der Waals surface area (Å²) in [7, 11) is 4.62. The zero-order valence-corrected chi connectivity index (χ0v) is 22.6. The van der Waals surface area contributed by atoms with Gasteiger partial charge in [-0.1, -0.05) is 42.6 Å². The molecule has 4 rings (SSSR count). The van der Waals surface area contributed by atoms with Crippen LogP contribution in [-0.4, -0.2) is 54.0 Å². The van der Waals surface area contributed by atoms with Gasteiger partial charge in [0.2, 0.25) is 5.75 Å². The van der Waals surface area contributed by atoms with Crippen molar-refractivity contribution in [3.8, 4) is 28.6 Å². The summed E-state index contributed by atoms with van der Waals surface area (Å²) in [6.07, 6.45) is 7.21. The molecule has 1 aliphatic rings. The molecule has 2 aromatic carbocycles. The molecule has 1 aliphatic carbocycles. The summed E-state index contributed by atoms with van der Waals surface area (Å²) in [5, 5.41) is 14.4. The van der Waals surface area contributed by atoms with E-state index in [1.54, 1.807) is 19.2 Å². The van der Waals surface area contributed by atoms with Crippen molar-refractivity contribution in [2.24, 2.45) is 5.10 Å². The van der Waals surface area contributed by atoms with Crippen molar-refractivity contribution in [2.45, 2.75) is 43.3 Å². The molecule has 9 nitrogen and oxygen atoms in total. The lowest BCUT2D eigenvalue weighted by Gasteiger charge is -2.25. The molecule has 0 atom stereocenters. The Kier molecular flexibility index (Phi) is 9.29. The third kappa shape index (κ3) is 6.37. The highest BCUT2D eigenvalue weighted by molar-refractivity contribution is 7.99. The van der Waals surface area contributed by atoms with Crippen molar-refractivity contribution in [3.05, 3.63) is 47.0 Å². The standard InChI is InChI=1S/C26H30ClN5O4S/c1-34-21-14-11-18(23(35-2)24(21)36-3)15-28-29-22(33)16-37-26-31-30-25(17-9-12-19(27)13-10-17)32(26)20-7-5-4-6-8-20/h9-15,20H,4-8,16H2,1-3H3,(H,29,33)/b28-15-. The summed E-state index contributed by atoms with van der Waals surface area (Å²) in [6, 6.07) is 11.4. The fraction of sp³-hybridized carbons (Fsp3) is 0.385. The SMILES string of the molecule is COc1ccc(/C=N\NC(=O)CSc2nnc(-c3ccc(Cl)cc3)n2C2CCCCC2)c(OC)c1OC. The van der Waals surface area contributed by atoms with Gasteiger partial charge in [0.05, 0.1) is 33.3 Å². The summed E-state index contributed by atoms with van der Waals surface area (Å²) in [5.41, 5.74) is 4.16. The van der Waals surface area contributed by atoms with Crippen LogP contribution in [0.5, 0.6) is 17.2 Å². The summed E-state index contributed by atoms with van der Waals surface area (Å²) < 4.78 is 18.3. The molecular weight excluding hydrogens is 514 g/mol. The number of hydrogen-bond acceptors (Lipinski definition) is 8. The summed E-state index contributed by atoms with van der Waals surface area (Å²) in [4.78, 5) is 12.6. The molecule has 1 aromatic heterocycles. The minimum absolute atomic E-state index is 0.145. The predicted octanol–water partition coefficient (Wildman–Crippen LogP) is 5.37. The zero-order valence-electron chi connectivity index (χ0n) is 21.1. The number of halogens is 1. The number of aromatic nitrogens is 3. The van der Waals surface area contributed by atoms with Gasteiger partial charge >= 0.3 is 0 Å². The average Bonchev–Trinajstić information content (AvgIpc) is 3.36. The Labute approximate surface area is 225 Å². The first-order chi connectivity index (χ1) is 18.0. The third-order valence-corrected chi connectivity index (χ3v) is 7.36. The van der Waals surface area contributed by atoms with Gasteiger partial charge in [-0.2, -0.15) is 5.10 Å². The van der Waals surface area contributed by atoms with E-state index < -0.39 is 0 Å². The second-order valence-corrected chi connectivity index (χ2v) is 9.86. The van der Waals surface area contributed by atoms with E-state index in [4.69, 9.17) is 25.8 Å². The quantitative estimate of drug-likeness (QED) is 0.208. The van der Waals surface area contributed by atoms with Gasteiger partial charge in [0.1, 0.15) is 0 Å². The number of thioether (sulfide) groups is 1. The van der Waals surface area contributed by atoms with Gasteiger partial charge in [0.15, 0.2) is 22.5 Å². The fourth-order valence-electron chi connectivity index (χ4n) is 4.40. The number of rotatable bonds is 10. The molecule has 0 radical (unpaired) electrons. The molecule has 11 heteroatoms. The molecule has 196 valence electrons. The van der Waals surface area contributed by atoms with Gasteiger partial charge in [0, 0.05) is 22.2 Å². The van der Waals surface area contributed by atoms with Crippen LogP contribution in [0, 0.1) is 0 Å². The predicted molar refractivity (Wildman–Crippen MR) is 145 cm³/mol. The van der Waals surface area contributed by atoms with Crippen LogP contribution in [-0.2, 0) is 4.79 Å². The Morgan fingerprint density at radius 2 is 1.78 bits per heavy atom. The minimum atomic E-state index is -0.257. The molecular formula is C26H30ClN5O4S. The lowest BCUT2D eigenvalue weighted by atomic mass is 9.95. The normalized spacial score (nSPS) is 14.1. The largest absolute Gasteiger partial charge is 0.493 e. The average molecular weight is 544 g/mol. The van der Waals surface area contributed by atoms with Gasteiger partial charge in [-0.25, -0.2) is 5.43 Å². The topological polar surface area (TPSA) is 99.9 Å². The second kappa shape index (κ2) is 12.8. The minimum Gasteiger partial charge on any atom is -0.493 e. The number of nitrogens with zero attached hydrogens (tertiary/aromatic N) is 4. The number of amides is 1. The second-order valence-electron chi connectivity index (χ2n) is 8.48. The van der Waals surface area contributed by atoms with Gasteiger partial charge in [0.25, 0.3) is 5.91 Å². The Hall–Kier alpha value is -3.24. The number of nitrogens with one attached hydrogen (secondary N) is 1. The van der Waals surface area contributed by atoms with Gasteiger partial charge in [-0.3, -0.25) is 9.36 Å². The van der Waals surface area contributed by atoms with Crippen molar-refractivity contribution >= 4 is 35.5 Å². The van der Waals surface area contributed by atoms with Crippen LogP contribution in [0.1, 0.15) is 43.7 Å².